The Morgan fingerprint density at radius 3 is 2.11 bits per heavy atom. The molecule has 0 unspecified atom stereocenters. The number of amides is 2. The third kappa shape index (κ3) is 5.47. The van der Waals surface area contributed by atoms with Crippen LogP contribution in [0.5, 0.6) is 5.75 Å². The van der Waals surface area contributed by atoms with Crippen LogP contribution in [0.3, 0.4) is 0 Å². The van der Waals surface area contributed by atoms with Crippen molar-refractivity contribution in [3.8, 4) is 5.75 Å². The number of benzene rings is 3. The monoisotopic (exact) mass is 467 g/mol. The summed E-state index contributed by atoms with van der Waals surface area (Å²) < 4.78 is 7.35. The van der Waals surface area contributed by atoms with Crippen LogP contribution in [0.2, 0.25) is 0 Å². The summed E-state index contributed by atoms with van der Waals surface area (Å²) in [5.74, 6) is -0.570. The fraction of sp³-hybridized carbons (Fsp3) is 0.107. The zero-order valence-corrected chi connectivity index (χ0v) is 19.4. The molecule has 2 amide bonds. The highest BCUT2D eigenvalue weighted by Crippen LogP contribution is 2.21. The normalized spacial score (nSPS) is 10.5. The van der Waals surface area contributed by atoms with Gasteiger partial charge < -0.3 is 10.1 Å². The van der Waals surface area contributed by atoms with E-state index in [-0.39, 0.29) is 24.2 Å². The van der Waals surface area contributed by atoms with Crippen LogP contribution in [0.25, 0.3) is 0 Å². The Morgan fingerprint density at radius 2 is 1.40 bits per heavy atom. The van der Waals surface area contributed by atoms with Crippen molar-refractivity contribution < 1.29 is 19.1 Å². The van der Waals surface area contributed by atoms with Gasteiger partial charge in [0.15, 0.2) is 6.61 Å². The van der Waals surface area contributed by atoms with Gasteiger partial charge in [0.05, 0.1) is 5.56 Å². The molecule has 0 atom stereocenters. The highest BCUT2D eigenvalue weighted by atomic mass is 16.5. The number of aryl methyl sites for hydroxylation is 1. The minimum atomic E-state index is -0.332. The van der Waals surface area contributed by atoms with Gasteiger partial charge in [0, 0.05) is 28.2 Å². The van der Waals surface area contributed by atoms with Gasteiger partial charge in [0.1, 0.15) is 5.75 Å². The largest absolute Gasteiger partial charge is 0.485 e. The summed E-state index contributed by atoms with van der Waals surface area (Å²) in [6.45, 7) is 3.30. The van der Waals surface area contributed by atoms with Crippen LogP contribution < -0.4 is 15.5 Å². The average molecular weight is 468 g/mol. The van der Waals surface area contributed by atoms with Crippen LogP contribution in [0.1, 0.15) is 42.5 Å². The molecule has 35 heavy (non-hydrogen) atoms. The molecule has 4 aromatic rings. The summed E-state index contributed by atoms with van der Waals surface area (Å²) in [5, 5.41) is 2.82. The van der Waals surface area contributed by atoms with Gasteiger partial charge in [-0.15, -0.1) is 0 Å². The predicted molar refractivity (Wildman–Crippen MR) is 135 cm³/mol. The second kappa shape index (κ2) is 10.5. The number of carbonyl (C=O) groups is 3. The molecular formula is C28H25N3O4. The molecule has 0 spiro atoms. The minimum Gasteiger partial charge on any atom is -0.485 e. The van der Waals surface area contributed by atoms with E-state index in [1.807, 2.05) is 24.3 Å². The molecule has 0 radical (unpaired) electrons. The molecule has 176 valence electrons. The van der Waals surface area contributed by atoms with Gasteiger partial charge in [-0.05, 0) is 56.3 Å². The van der Waals surface area contributed by atoms with Crippen LogP contribution in [0, 0.1) is 13.8 Å². The summed E-state index contributed by atoms with van der Waals surface area (Å²) in [4.78, 5) is 38.3. The Kier molecular flexibility index (Phi) is 7.07. The summed E-state index contributed by atoms with van der Waals surface area (Å²) >= 11 is 0. The predicted octanol–water partition coefficient (Wildman–Crippen LogP) is 5.00. The van der Waals surface area contributed by atoms with Crippen LogP contribution in [0.15, 0.2) is 91.0 Å². The topological polar surface area (TPSA) is 89.4 Å². The van der Waals surface area contributed by atoms with E-state index < -0.39 is 0 Å². The Morgan fingerprint density at radius 1 is 0.771 bits per heavy atom. The summed E-state index contributed by atoms with van der Waals surface area (Å²) in [6.07, 6.45) is 0. The molecule has 0 aliphatic heterocycles. The molecule has 7 nitrogen and oxygen atoms in total. The molecule has 0 aliphatic carbocycles. The first-order chi connectivity index (χ1) is 16.9. The number of nitrogens with zero attached hydrogens (tertiary/aromatic N) is 1. The number of aromatic nitrogens is 1. The lowest BCUT2D eigenvalue weighted by atomic mass is 10.1. The minimum absolute atomic E-state index is 0.257. The van der Waals surface area contributed by atoms with E-state index in [1.165, 1.54) is 0 Å². The molecule has 0 saturated heterocycles. The third-order valence-electron chi connectivity index (χ3n) is 5.50. The molecular weight excluding hydrogens is 442 g/mol. The molecule has 0 fully saturated rings. The summed E-state index contributed by atoms with van der Waals surface area (Å²) in [6, 6.07) is 26.4. The molecule has 0 bridgehead atoms. The van der Waals surface area contributed by atoms with Gasteiger partial charge in [0.2, 0.25) is 5.78 Å². The molecule has 1 aromatic heterocycles. The highest BCUT2D eigenvalue weighted by molar-refractivity contribution is 6.06. The van der Waals surface area contributed by atoms with Crippen LogP contribution in [0.4, 0.5) is 5.69 Å². The number of hydrogen-bond acceptors (Lipinski definition) is 4. The molecule has 4 rings (SSSR count). The fourth-order valence-electron chi connectivity index (χ4n) is 3.69. The Balaban J connectivity index is 1.45. The number of carbonyl (C=O) groups excluding carboxylic acids is 3. The number of nitrogens with one attached hydrogen (secondary N) is 2. The third-order valence-corrected chi connectivity index (χ3v) is 5.50. The van der Waals surface area contributed by atoms with Crippen LogP contribution in [-0.4, -0.2) is 28.9 Å². The van der Waals surface area contributed by atoms with E-state index in [2.05, 4.69) is 10.7 Å². The molecule has 1 heterocycles. The lowest BCUT2D eigenvalue weighted by molar-refractivity contribution is 0.0912. The van der Waals surface area contributed by atoms with Crippen LogP contribution >= 0.6 is 0 Å². The van der Waals surface area contributed by atoms with E-state index in [4.69, 9.17) is 4.74 Å². The number of rotatable bonds is 8. The molecule has 2 N–H and O–H groups in total. The summed E-state index contributed by atoms with van der Waals surface area (Å²) in [5.41, 5.74) is 6.05. The zero-order valence-electron chi connectivity index (χ0n) is 19.4. The first kappa shape index (κ1) is 23.5. The van der Waals surface area contributed by atoms with E-state index in [1.54, 1.807) is 85.3 Å². The number of hydrogen-bond donors (Lipinski definition) is 2. The van der Waals surface area contributed by atoms with Crippen molar-refractivity contribution in [2.45, 2.75) is 13.8 Å². The maximum Gasteiger partial charge on any atom is 0.270 e. The van der Waals surface area contributed by atoms with Gasteiger partial charge >= 0.3 is 0 Å². The number of ether oxygens (including phenoxy) is 1. The lowest BCUT2D eigenvalue weighted by Crippen LogP contribution is -2.25. The average Bonchev–Trinajstić information content (AvgIpc) is 3.17. The molecule has 0 saturated carbocycles. The van der Waals surface area contributed by atoms with Gasteiger partial charge in [-0.25, -0.2) is 0 Å². The second-order valence-corrected chi connectivity index (χ2v) is 7.96. The number of Topliss-reactive ketones (excluding diaryl/α,β-unsaturated/α-hetero) is 1. The maximum atomic E-state index is 13.0. The van der Waals surface area contributed by atoms with Gasteiger partial charge in [-0.3, -0.25) is 24.5 Å². The number of anilines is 1. The van der Waals surface area contributed by atoms with E-state index in [0.29, 0.717) is 39.5 Å². The van der Waals surface area contributed by atoms with Gasteiger partial charge in [0.25, 0.3) is 11.8 Å². The first-order valence-electron chi connectivity index (χ1n) is 11.1. The smallest absolute Gasteiger partial charge is 0.270 e. The lowest BCUT2D eigenvalue weighted by Gasteiger charge is -2.13. The molecule has 3 aromatic carbocycles. The zero-order chi connectivity index (χ0) is 24.8. The number of ketones is 1. The summed E-state index contributed by atoms with van der Waals surface area (Å²) in [7, 11) is 0. The number of para-hydroxylation sites is 2. The van der Waals surface area contributed by atoms with Crippen molar-refractivity contribution in [1.82, 2.24) is 4.68 Å². The standard InChI is InChI=1S/C28H25N3O4/c1-19-17-24(20(2)31(19)30-27(33)21-11-5-3-6-12-21)25(32)18-35-26-16-10-9-15-23(26)28(34)29-22-13-7-4-8-14-22/h3-17H,18H2,1-2H3,(H,29,34)(H,30,33). The highest BCUT2D eigenvalue weighted by Gasteiger charge is 2.19. The van der Waals surface area contributed by atoms with Crippen molar-refractivity contribution in [1.29, 1.82) is 0 Å². The van der Waals surface area contributed by atoms with E-state index >= 15 is 0 Å². The first-order valence-corrected chi connectivity index (χ1v) is 11.1. The molecule has 7 heteroatoms. The van der Waals surface area contributed by atoms with Gasteiger partial charge in [-0.2, -0.15) is 0 Å². The van der Waals surface area contributed by atoms with Crippen molar-refractivity contribution in [3.63, 3.8) is 0 Å². The van der Waals surface area contributed by atoms with E-state index in [0.717, 1.165) is 0 Å². The fourth-order valence-corrected chi connectivity index (χ4v) is 3.69. The van der Waals surface area contributed by atoms with Crippen LogP contribution in [-0.2, 0) is 0 Å². The van der Waals surface area contributed by atoms with E-state index in [9.17, 15) is 14.4 Å². The second-order valence-electron chi connectivity index (χ2n) is 7.96. The van der Waals surface area contributed by atoms with Gasteiger partial charge in [-0.1, -0.05) is 48.5 Å². The van der Waals surface area contributed by atoms with Crippen molar-refractivity contribution >= 4 is 23.3 Å². The Hall–Kier alpha value is -4.65. The van der Waals surface area contributed by atoms with Crippen molar-refractivity contribution in [2.75, 3.05) is 17.3 Å². The van der Waals surface area contributed by atoms with Crippen molar-refractivity contribution in [3.05, 3.63) is 119 Å². The van der Waals surface area contributed by atoms with Crippen molar-refractivity contribution in [2.24, 2.45) is 0 Å². The Labute approximate surface area is 203 Å². The quantitative estimate of drug-likeness (QED) is 0.357. The SMILES string of the molecule is Cc1cc(C(=O)COc2ccccc2C(=O)Nc2ccccc2)c(C)n1NC(=O)c1ccccc1. The maximum absolute atomic E-state index is 13.0. The Bertz CT molecular complexity index is 1360. The molecule has 0 aliphatic rings.